The second kappa shape index (κ2) is 10.5. The van der Waals surface area contributed by atoms with Gasteiger partial charge in [0.1, 0.15) is 6.54 Å². The average molecular weight is 481 g/mol. The van der Waals surface area contributed by atoms with Crippen LogP contribution in [0.2, 0.25) is 0 Å². The molecule has 0 aliphatic carbocycles. The van der Waals surface area contributed by atoms with E-state index >= 15 is 0 Å². The van der Waals surface area contributed by atoms with Crippen molar-refractivity contribution in [2.45, 2.75) is 32.6 Å². The maximum absolute atomic E-state index is 13.6. The molecule has 0 bridgehead atoms. The van der Waals surface area contributed by atoms with Crippen molar-refractivity contribution in [1.29, 1.82) is 0 Å². The molecule has 0 saturated heterocycles. The number of nitrogens with zero attached hydrogens (tertiary/aromatic N) is 1. The topological polar surface area (TPSA) is 92.8 Å². The van der Waals surface area contributed by atoms with E-state index in [-0.39, 0.29) is 11.5 Å². The van der Waals surface area contributed by atoms with Gasteiger partial charge in [0.2, 0.25) is 5.91 Å². The Morgan fingerprint density at radius 1 is 0.882 bits per heavy atom. The number of aryl methyl sites for hydroxylation is 3. The van der Waals surface area contributed by atoms with E-state index in [0.717, 1.165) is 21.0 Å². The Balaban J connectivity index is 1.90. The lowest BCUT2D eigenvalue weighted by Gasteiger charge is -2.26. The molecule has 34 heavy (non-hydrogen) atoms. The Bertz CT molecular complexity index is 1280. The molecule has 0 aliphatic heterocycles. The van der Waals surface area contributed by atoms with Crippen molar-refractivity contribution in [3.05, 3.63) is 89.0 Å². The van der Waals surface area contributed by atoms with Crippen LogP contribution in [-0.4, -0.2) is 33.4 Å². The highest BCUT2D eigenvalue weighted by molar-refractivity contribution is 7.92. The van der Waals surface area contributed by atoms with Gasteiger partial charge in [0.05, 0.1) is 22.8 Å². The molecule has 0 aliphatic rings. The van der Waals surface area contributed by atoms with E-state index < -0.39 is 28.4 Å². The smallest absolute Gasteiger partial charge is 0.338 e. The van der Waals surface area contributed by atoms with Crippen molar-refractivity contribution in [3.63, 3.8) is 0 Å². The molecule has 8 heteroatoms. The van der Waals surface area contributed by atoms with E-state index in [0.29, 0.717) is 16.9 Å². The summed E-state index contributed by atoms with van der Waals surface area (Å²) in [6.07, 6.45) is 0. The highest BCUT2D eigenvalue weighted by Crippen LogP contribution is 2.28. The van der Waals surface area contributed by atoms with Crippen LogP contribution in [0.5, 0.6) is 0 Å². The Hall–Kier alpha value is -3.65. The Labute approximate surface area is 200 Å². The van der Waals surface area contributed by atoms with Gasteiger partial charge >= 0.3 is 5.97 Å². The number of rotatable bonds is 8. The van der Waals surface area contributed by atoms with Crippen LogP contribution in [0, 0.1) is 20.8 Å². The highest BCUT2D eigenvalue weighted by atomic mass is 32.2. The lowest BCUT2D eigenvalue weighted by atomic mass is 10.1. The first-order chi connectivity index (χ1) is 16.1. The van der Waals surface area contributed by atoms with Gasteiger partial charge in [-0.05, 0) is 81.3 Å². The van der Waals surface area contributed by atoms with Gasteiger partial charge in [-0.3, -0.25) is 9.10 Å². The molecule has 0 saturated carbocycles. The molecule has 178 valence electrons. The number of esters is 1. The molecule has 0 heterocycles. The fraction of sp³-hybridized carbons (Fsp3) is 0.231. The number of sulfonamides is 1. The first-order valence-electron chi connectivity index (χ1n) is 10.9. The van der Waals surface area contributed by atoms with Crippen LogP contribution in [0.15, 0.2) is 71.6 Å². The molecule has 0 spiro atoms. The molecule has 1 amide bonds. The number of hydrogen-bond acceptors (Lipinski definition) is 5. The number of benzene rings is 3. The maximum atomic E-state index is 13.6. The molecule has 1 N–H and O–H groups in total. The van der Waals surface area contributed by atoms with Crippen molar-refractivity contribution in [3.8, 4) is 0 Å². The van der Waals surface area contributed by atoms with Gasteiger partial charge in [-0.25, -0.2) is 13.2 Å². The predicted octanol–water partition coefficient (Wildman–Crippen LogP) is 4.62. The summed E-state index contributed by atoms with van der Waals surface area (Å²) in [5.41, 5.74) is 3.77. The normalized spacial score (nSPS) is 11.1. The van der Waals surface area contributed by atoms with Crippen LogP contribution in [0.3, 0.4) is 0 Å². The van der Waals surface area contributed by atoms with E-state index in [4.69, 9.17) is 4.74 Å². The molecule has 0 fully saturated rings. The molecular weight excluding hydrogens is 452 g/mol. The molecule has 3 aromatic carbocycles. The molecule has 7 nitrogen and oxygen atoms in total. The fourth-order valence-corrected chi connectivity index (χ4v) is 4.84. The Morgan fingerprint density at radius 2 is 1.50 bits per heavy atom. The number of anilines is 2. The third kappa shape index (κ3) is 5.82. The van der Waals surface area contributed by atoms with Crippen molar-refractivity contribution >= 4 is 33.3 Å². The number of carbonyl (C=O) groups is 2. The zero-order chi connectivity index (χ0) is 24.9. The van der Waals surface area contributed by atoms with Crippen molar-refractivity contribution in [1.82, 2.24) is 0 Å². The molecule has 3 aromatic rings. The maximum Gasteiger partial charge on any atom is 0.338 e. The van der Waals surface area contributed by atoms with Crippen LogP contribution >= 0.6 is 0 Å². The van der Waals surface area contributed by atoms with E-state index in [9.17, 15) is 18.0 Å². The Morgan fingerprint density at radius 3 is 2.12 bits per heavy atom. The summed E-state index contributed by atoms with van der Waals surface area (Å²) in [6, 6.07) is 18.2. The molecule has 3 rings (SSSR count). The second-order valence-corrected chi connectivity index (χ2v) is 9.82. The minimum Gasteiger partial charge on any atom is -0.462 e. The summed E-state index contributed by atoms with van der Waals surface area (Å²) in [5.74, 6) is -0.967. The van der Waals surface area contributed by atoms with Gasteiger partial charge < -0.3 is 10.1 Å². The third-order valence-corrected chi connectivity index (χ3v) is 6.98. The summed E-state index contributed by atoms with van der Waals surface area (Å²) in [5, 5.41) is 2.71. The molecule has 0 atom stereocenters. The van der Waals surface area contributed by atoms with Crippen LogP contribution in [0.1, 0.15) is 34.0 Å². The zero-order valence-corrected chi connectivity index (χ0v) is 20.5. The number of amides is 1. The number of nitrogens with one attached hydrogen (secondary N) is 1. The van der Waals surface area contributed by atoms with E-state index in [1.165, 1.54) is 12.1 Å². The minimum absolute atomic E-state index is 0.102. The fourth-order valence-electron chi connectivity index (χ4n) is 3.36. The van der Waals surface area contributed by atoms with Crippen LogP contribution in [0.4, 0.5) is 11.4 Å². The van der Waals surface area contributed by atoms with Gasteiger partial charge in [0.25, 0.3) is 10.0 Å². The number of ether oxygens (including phenoxy) is 1. The van der Waals surface area contributed by atoms with E-state index in [1.54, 1.807) is 56.3 Å². The summed E-state index contributed by atoms with van der Waals surface area (Å²) < 4.78 is 33.2. The lowest BCUT2D eigenvalue weighted by Crippen LogP contribution is -2.38. The minimum atomic E-state index is -4.01. The quantitative estimate of drug-likeness (QED) is 0.475. The van der Waals surface area contributed by atoms with Crippen LogP contribution in [-0.2, 0) is 19.6 Å². The predicted molar refractivity (Wildman–Crippen MR) is 133 cm³/mol. The summed E-state index contributed by atoms with van der Waals surface area (Å²) in [4.78, 5) is 24.9. The van der Waals surface area contributed by atoms with Crippen LogP contribution in [0.25, 0.3) is 0 Å². The lowest BCUT2D eigenvalue weighted by molar-refractivity contribution is -0.114. The monoisotopic (exact) mass is 480 g/mol. The zero-order valence-electron chi connectivity index (χ0n) is 19.7. The molecular formula is C26H28N2O5S. The molecule has 0 radical (unpaired) electrons. The van der Waals surface area contributed by atoms with Crippen molar-refractivity contribution in [2.24, 2.45) is 0 Å². The SMILES string of the molecule is CCOC(=O)c1ccc(NC(=O)CN(c2cc(C)ccc2C)S(=O)(=O)c2ccc(C)cc2)cc1. The van der Waals surface area contributed by atoms with Crippen molar-refractivity contribution in [2.75, 3.05) is 22.8 Å². The molecule has 0 unspecified atom stereocenters. The third-order valence-electron chi connectivity index (χ3n) is 5.21. The average Bonchev–Trinajstić information content (AvgIpc) is 2.80. The highest BCUT2D eigenvalue weighted by Gasteiger charge is 2.28. The summed E-state index contributed by atoms with van der Waals surface area (Å²) >= 11 is 0. The standard InChI is InChI=1S/C26H28N2O5S/c1-5-33-26(30)21-10-12-22(13-11-21)27-25(29)17-28(24-16-19(3)6-9-20(24)4)34(31,32)23-14-7-18(2)8-15-23/h6-16H,5,17H2,1-4H3,(H,27,29). The number of hydrogen-bond donors (Lipinski definition) is 1. The van der Waals surface area contributed by atoms with Gasteiger partial charge in [-0.15, -0.1) is 0 Å². The van der Waals surface area contributed by atoms with Gasteiger partial charge in [0.15, 0.2) is 0 Å². The first-order valence-corrected chi connectivity index (χ1v) is 12.3. The largest absolute Gasteiger partial charge is 0.462 e. The number of carbonyl (C=O) groups excluding carboxylic acids is 2. The summed E-state index contributed by atoms with van der Waals surface area (Å²) in [7, 11) is -4.01. The van der Waals surface area contributed by atoms with Gasteiger partial charge in [0, 0.05) is 5.69 Å². The summed E-state index contributed by atoms with van der Waals surface area (Å²) in [6.45, 7) is 7.11. The first kappa shape index (κ1) is 25.0. The van der Waals surface area contributed by atoms with E-state index in [1.807, 2.05) is 26.0 Å². The van der Waals surface area contributed by atoms with E-state index in [2.05, 4.69) is 5.32 Å². The molecule has 0 aromatic heterocycles. The second-order valence-electron chi connectivity index (χ2n) is 7.96. The van der Waals surface area contributed by atoms with Crippen LogP contribution < -0.4 is 9.62 Å². The van der Waals surface area contributed by atoms with Crippen molar-refractivity contribution < 1.29 is 22.7 Å². The Kier molecular flexibility index (Phi) is 7.73. The van der Waals surface area contributed by atoms with Gasteiger partial charge in [-0.2, -0.15) is 0 Å². The van der Waals surface area contributed by atoms with Gasteiger partial charge in [-0.1, -0.05) is 29.8 Å².